The minimum absolute atomic E-state index is 0.449. The van der Waals surface area contributed by atoms with E-state index >= 15 is 0 Å². The summed E-state index contributed by atoms with van der Waals surface area (Å²) < 4.78 is 1.67. The summed E-state index contributed by atoms with van der Waals surface area (Å²) in [6.45, 7) is 0. The molecule has 4 nitrogen and oxygen atoms in total. The Morgan fingerprint density at radius 3 is 2.88 bits per heavy atom. The molecule has 0 amide bonds. The molecule has 1 heterocycles. The summed E-state index contributed by atoms with van der Waals surface area (Å²) in [7, 11) is 1.78. The monoisotopic (exact) mass is 113 g/mol. The van der Waals surface area contributed by atoms with Gasteiger partial charge in [0.1, 0.15) is 0 Å². The highest BCUT2D eigenvalue weighted by atomic mass is 16.5. The molecule has 0 aliphatic heterocycles. The molecule has 1 aromatic rings. The van der Waals surface area contributed by atoms with Gasteiger partial charge in [0.2, 0.25) is 5.95 Å². The third kappa shape index (κ3) is 0.651. The zero-order valence-corrected chi connectivity index (χ0v) is 4.50. The third-order valence-corrected chi connectivity index (χ3v) is 0.921. The summed E-state index contributed by atoms with van der Waals surface area (Å²) >= 11 is 0. The van der Waals surface area contributed by atoms with Gasteiger partial charge in [0.05, 0.1) is 0 Å². The van der Waals surface area contributed by atoms with E-state index in [4.69, 9.17) is 5.21 Å². The number of anilines is 1. The summed E-state index contributed by atoms with van der Waals surface area (Å²) in [6, 6.07) is 0. The van der Waals surface area contributed by atoms with Crippen LogP contribution in [0.3, 0.4) is 0 Å². The second kappa shape index (κ2) is 1.83. The highest BCUT2D eigenvalue weighted by Crippen LogP contribution is 1.96. The Bertz CT molecular complexity index is 172. The smallest absolute Gasteiger partial charge is 0.226 e. The zero-order chi connectivity index (χ0) is 5.98. The topological polar surface area (TPSA) is 50.1 Å². The van der Waals surface area contributed by atoms with E-state index in [9.17, 15) is 0 Å². The number of rotatable bonds is 1. The number of hydrogen-bond acceptors (Lipinski definition) is 3. The van der Waals surface area contributed by atoms with Gasteiger partial charge < -0.3 is 4.57 Å². The van der Waals surface area contributed by atoms with E-state index in [0.717, 1.165) is 0 Å². The van der Waals surface area contributed by atoms with Gasteiger partial charge in [-0.2, -0.15) is 0 Å². The van der Waals surface area contributed by atoms with Gasteiger partial charge in [-0.3, -0.25) is 5.21 Å². The fraction of sp³-hybridized carbons (Fsp3) is 0.250. The third-order valence-electron chi connectivity index (χ3n) is 0.921. The van der Waals surface area contributed by atoms with Crippen molar-refractivity contribution in [2.75, 3.05) is 5.48 Å². The number of hydrogen-bond donors (Lipinski definition) is 2. The minimum atomic E-state index is 0.449. The lowest BCUT2D eigenvalue weighted by Gasteiger charge is -1.94. The quantitative estimate of drug-likeness (QED) is 0.512. The van der Waals surface area contributed by atoms with Crippen molar-refractivity contribution in [1.29, 1.82) is 0 Å². The minimum Gasteiger partial charge on any atom is -0.319 e. The van der Waals surface area contributed by atoms with Crippen molar-refractivity contribution >= 4 is 5.95 Å². The van der Waals surface area contributed by atoms with Crippen molar-refractivity contribution in [1.82, 2.24) is 9.55 Å². The Morgan fingerprint density at radius 2 is 2.62 bits per heavy atom. The molecular weight excluding hydrogens is 106 g/mol. The average molecular weight is 113 g/mol. The predicted molar refractivity (Wildman–Crippen MR) is 28.6 cm³/mol. The van der Waals surface area contributed by atoms with E-state index in [0.29, 0.717) is 5.95 Å². The Balaban J connectivity index is 2.92. The van der Waals surface area contributed by atoms with Gasteiger partial charge in [0.15, 0.2) is 0 Å². The van der Waals surface area contributed by atoms with E-state index < -0.39 is 0 Å². The molecule has 0 saturated carbocycles. The van der Waals surface area contributed by atoms with Gasteiger partial charge in [-0.05, 0) is 0 Å². The number of aromatic nitrogens is 2. The number of aryl methyl sites for hydroxylation is 1. The Hall–Kier alpha value is -1.03. The molecule has 0 unspecified atom stereocenters. The van der Waals surface area contributed by atoms with Gasteiger partial charge in [-0.1, -0.05) is 0 Å². The molecule has 0 radical (unpaired) electrons. The molecule has 0 spiro atoms. The highest BCUT2D eigenvalue weighted by molar-refractivity contribution is 5.20. The van der Waals surface area contributed by atoms with E-state index in [1.165, 1.54) is 0 Å². The first-order chi connectivity index (χ1) is 3.84. The lowest BCUT2D eigenvalue weighted by molar-refractivity contribution is 0.380. The normalized spacial score (nSPS) is 9.25. The van der Waals surface area contributed by atoms with Crippen molar-refractivity contribution in [2.45, 2.75) is 0 Å². The number of imidazole rings is 1. The molecule has 2 N–H and O–H groups in total. The van der Waals surface area contributed by atoms with E-state index in [1.807, 2.05) is 5.48 Å². The molecule has 4 heteroatoms. The van der Waals surface area contributed by atoms with Gasteiger partial charge in [0.25, 0.3) is 0 Å². The zero-order valence-electron chi connectivity index (χ0n) is 4.50. The van der Waals surface area contributed by atoms with Crippen LogP contribution in [0.4, 0.5) is 5.95 Å². The molecule has 1 rings (SSSR count). The van der Waals surface area contributed by atoms with E-state index in [-0.39, 0.29) is 0 Å². The average Bonchev–Trinajstić information content (AvgIpc) is 2.14. The van der Waals surface area contributed by atoms with Crippen LogP contribution in [-0.4, -0.2) is 14.8 Å². The molecule has 0 aromatic carbocycles. The largest absolute Gasteiger partial charge is 0.319 e. The van der Waals surface area contributed by atoms with Crippen LogP contribution < -0.4 is 5.48 Å². The maximum Gasteiger partial charge on any atom is 0.226 e. The predicted octanol–water partition coefficient (Wildman–Crippen LogP) is 0.221. The van der Waals surface area contributed by atoms with Crippen LogP contribution in [0, 0.1) is 0 Å². The Kier molecular flexibility index (Phi) is 1.17. The SMILES string of the molecule is Cn1ccnc1NO. The fourth-order valence-corrected chi connectivity index (χ4v) is 0.473. The summed E-state index contributed by atoms with van der Waals surface area (Å²) in [5.74, 6) is 0.449. The maximum atomic E-state index is 8.27. The first-order valence-electron chi connectivity index (χ1n) is 2.22. The fourth-order valence-electron chi connectivity index (χ4n) is 0.473. The number of nitrogens with zero attached hydrogens (tertiary/aromatic N) is 2. The molecule has 0 aliphatic carbocycles. The lowest BCUT2D eigenvalue weighted by Crippen LogP contribution is -1.97. The second-order valence-corrected chi connectivity index (χ2v) is 1.47. The van der Waals surface area contributed by atoms with Crippen LogP contribution in [0.5, 0.6) is 0 Å². The Labute approximate surface area is 46.7 Å². The van der Waals surface area contributed by atoms with Crippen molar-refractivity contribution in [2.24, 2.45) is 7.05 Å². The van der Waals surface area contributed by atoms with Crippen LogP contribution in [0.1, 0.15) is 0 Å². The van der Waals surface area contributed by atoms with Crippen LogP contribution in [0.2, 0.25) is 0 Å². The molecule has 44 valence electrons. The second-order valence-electron chi connectivity index (χ2n) is 1.47. The van der Waals surface area contributed by atoms with E-state index in [2.05, 4.69) is 4.98 Å². The first-order valence-corrected chi connectivity index (χ1v) is 2.22. The molecule has 8 heavy (non-hydrogen) atoms. The highest BCUT2D eigenvalue weighted by Gasteiger charge is 1.90. The van der Waals surface area contributed by atoms with Crippen molar-refractivity contribution < 1.29 is 5.21 Å². The molecule has 0 aliphatic rings. The lowest BCUT2D eigenvalue weighted by atomic mass is 10.9. The summed E-state index contributed by atoms with van der Waals surface area (Å²) in [4.78, 5) is 3.74. The van der Waals surface area contributed by atoms with Crippen LogP contribution in [-0.2, 0) is 7.05 Å². The van der Waals surface area contributed by atoms with Crippen LogP contribution in [0.15, 0.2) is 12.4 Å². The van der Waals surface area contributed by atoms with Crippen molar-refractivity contribution in [3.8, 4) is 0 Å². The van der Waals surface area contributed by atoms with Crippen LogP contribution >= 0.6 is 0 Å². The van der Waals surface area contributed by atoms with Gasteiger partial charge in [-0.15, -0.1) is 0 Å². The van der Waals surface area contributed by atoms with Gasteiger partial charge >= 0.3 is 0 Å². The van der Waals surface area contributed by atoms with Gasteiger partial charge in [-0.25, -0.2) is 10.5 Å². The van der Waals surface area contributed by atoms with Crippen LogP contribution in [0.25, 0.3) is 0 Å². The molecule has 0 saturated heterocycles. The molecule has 0 bridgehead atoms. The summed E-state index contributed by atoms with van der Waals surface area (Å²) in [6.07, 6.45) is 3.33. The Morgan fingerprint density at radius 1 is 1.88 bits per heavy atom. The summed E-state index contributed by atoms with van der Waals surface area (Å²) in [5, 5.41) is 8.27. The molecule has 0 atom stereocenters. The maximum absolute atomic E-state index is 8.27. The van der Waals surface area contributed by atoms with Crippen molar-refractivity contribution in [3.05, 3.63) is 12.4 Å². The van der Waals surface area contributed by atoms with Gasteiger partial charge in [0, 0.05) is 19.4 Å². The molecular formula is C4H7N3O. The first kappa shape index (κ1) is 5.11. The standard InChI is InChI=1S/C4H7N3O/c1-7-3-2-5-4(7)6-8/h2-3,8H,1H3,(H,5,6). The van der Waals surface area contributed by atoms with Crippen molar-refractivity contribution in [3.63, 3.8) is 0 Å². The molecule has 0 fully saturated rings. The van der Waals surface area contributed by atoms with E-state index in [1.54, 1.807) is 24.0 Å². The number of nitrogens with one attached hydrogen (secondary N) is 1. The molecule has 1 aromatic heterocycles. The summed E-state index contributed by atoms with van der Waals surface area (Å²) in [5.41, 5.74) is 1.93.